The third kappa shape index (κ3) is 7.21. The highest BCUT2D eigenvalue weighted by molar-refractivity contribution is 5.92. The van der Waals surface area contributed by atoms with Gasteiger partial charge in [-0.1, -0.05) is 25.3 Å². The summed E-state index contributed by atoms with van der Waals surface area (Å²) in [6.07, 6.45) is 10.3. The van der Waals surface area contributed by atoms with Gasteiger partial charge in [0.05, 0.1) is 13.2 Å². The maximum atomic E-state index is 5.93. The molecule has 0 aromatic heterocycles. The number of guanidine groups is 1. The zero-order valence-electron chi connectivity index (χ0n) is 14.8. The lowest BCUT2D eigenvalue weighted by atomic mass is 9.98. The Morgan fingerprint density at radius 2 is 2.04 bits per heavy atom. The van der Waals surface area contributed by atoms with Gasteiger partial charge in [0, 0.05) is 24.9 Å². The number of nitrogens with two attached hydrogens (primary N) is 1. The van der Waals surface area contributed by atoms with E-state index in [1.807, 2.05) is 24.3 Å². The average Bonchev–Trinajstić information content (AvgIpc) is 2.62. The van der Waals surface area contributed by atoms with E-state index in [0.29, 0.717) is 12.1 Å². The Morgan fingerprint density at radius 1 is 1.21 bits per heavy atom. The molecule has 3 N–H and O–H groups in total. The van der Waals surface area contributed by atoms with Gasteiger partial charge in [-0.2, -0.15) is 0 Å². The normalized spacial score (nSPS) is 16.1. The second-order valence-electron chi connectivity index (χ2n) is 6.32. The second kappa shape index (κ2) is 10.9. The van der Waals surface area contributed by atoms with Gasteiger partial charge in [0.15, 0.2) is 5.96 Å². The maximum absolute atomic E-state index is 5.93. The molecule has 0 radical (unpaired) electrons. The Morgan fingerprint density at radius 3 is 2.83 bits per heavy atom. The van der Waals surface area contributed by atoms with Gasteiger partial charge in [0.2, 0.25) is 0 Å². The summed E-state index contributed by atoms with van der Waals surface area (Å²) in [5.74, 6) is 1.24. The molecule has 134 valence electrons. The van der Waals surface area contributed by atoms with Crippen LogP contribution in [0, 0.1) is 0 Å². The molecule has 1 aliphatic carbocycles. The molecule has 0 amide bonds. The van der Waals surface area contributed by atoms with Crippen LogP contribution in [0.15, 0.2) is 29.3 Å². The number of aliphatic imine (C=N–C) groups is 1. The smallest absolute Gasteiger partial charge is 0.193 e. The molecule has 5 heteroatoms. The molecule has 0 unspecified atom stereocenters. The van der Waals surface area contributed by atoms with E-state index >= 15 is 0 Å². The van der Waals surface area contributed by atoms with Gasteiger partial charge in [-0.15, -0.1) is 0 Å². The fourth-order valence-electron chi connectivity index (χ4n) is 2.96. The van der Waals surface area contributed by atoms with E-state index in [2.05, 4.69) is 10.3 Å². The van der Waals surface area contributed by atoms with Gasteiger partial charge < -0.3 is 20.5 Å². The lowest BCUT2D eigenvalue weighted by Gasteiger charge is -2.21. The van der Waals surface area contributed by atoms with E-state index in [1.165, 1.54) is 32.1 Å². The van der Waals surface area contributed by atoms with Crippen molar-refractivity contribution < 1.29 is 9.47 Å². The molecular weight excluding hydrogens is 302 g/mol. The second-order valence-corrected chi connectivity index (χ2v) is 6.32. The zero-order valence-corrected chi connectivity index (χ0v) is 14.8. The molecule has 5 nitrogen and oxygen atoms in total. The van der Waals surface area contributed by atoms with Crippen molar-refractivity contribution in [2.24, 2.45) is 10.7 Å². The van der Waals surface area contributed by atoms with Gasteiger partial charge in [0.1, 0.15) is 5.75 Å². The Bertz CT molecular complexity index is 499. The highest BCUT2D eigenvalue weighted by Gasteiger charge is 2.12. The van der Waals surface area contributed by atoms with Crippen LogP contribution in [0.5, 0.6) is 5.75 Å². The molecule has 24 heavy (non-hydrogen) atoms. The van der Waals surface area contributed by atoms with Crippen LogP contribution in [0.3, 0.4) is 0 Å². The predicted octanol–water partition coefficient (Wildman–Crippen LogP) is 3.94. The first-order valence-corrected chi connectivity index (χ1v) is 9.10. The fraction of sp³-hybridized carbons (Fsp3) is 0.632. The highest BCUT2D eigenvalue weighted by Crippen LogP contribution is 2.20. The summed E-state index contributed by atoms with van der Waals surface area (Å²) in [5, 5.41) is 3.08. The lowest BCUT2D eigenvalue weighted by Crippen LogP contribution is -2.22. The fourth-order valence-corrected chi connectivity index (χ4v) is 2.96. The quantitative estimate of drug-likeness (QED) is 0.408. The van der Waals surface area contributed by atoms with Crippen LogP contribution in [0.25, 0.3) is 0 Å². The van der Waals surface area contributed by atoms with Gasteiger partial charge in [0.25, 0.3) is 0 Å². The van der Waals surface area contributed by atoms with Gasteiger partial charge in [-0.25, -0.2) is 0 Å². The summed E-state index contributed by atoms with van der Waals surface area (Å²) in [4.78, 5) is 4.36. The van der Waals surface area contributed by atoms with Crippen molar-refractivity contribution in [3.05, 3.63) is 24.3 Å². The van der Waals surface area contributed by atoms with Crippen molar-refractivity contribution in [1.82, 2.24) is 0 Å². The van der Waals surface area contributed by atoms with Gasteiger partial charge >= 0.3 is 0 Å². The molecule has 0 spiro atoms. The molecular formula is C19H31N3O2. The van der Waals surface area contributed by atoms with Crippen LogP contribution in [-0.4, -0.2) is 32.3 Å². The molecule has 0 aliphatic heterocycles. The predicted molar refractivity (Wildman–Crippen MR) is 99.8 cm³/mol. The van der Waals surface area contributed by atoms with Crippen LogP contribution >= 0.6 is 0 Å². The van der Waals surface area contributed by atoms with Gasteiger partial charge in [-0.05, 0) is 44.2 Å². The summed E-state index contributed by atoms with van der Waals surface area (Å²) < 4.78 is 11.1. The Hall–Kier alpha value is -1.75. The first-order chi connectivity index (χ1) is 11.8. The minimum atomic E-state index is 0.446. The molecule has 0 bridgehead atoms. The van der Waals surface area contributed by atoms with Crippen LogP contribution < -0.4 is 15.8 Å². The first-order valence-electron chi connectivity index (χ1n) is 9.10. The van der Waals surface area contributed by atoms with E-state index in [0.717, 1.165) is 43.9 Å². The summed E-state index contributed by atoms with van der Waals surface area (Å²) in [5.41, 5.74) is 6.79. The van der Waals surface area contributed by atoms with Gasteiger partial charge in [-0.3, -0.25) is 4.99 Å². The van der Waals surface area contributed by atoms with Crippen molar-refractivity contribution in [1.29, 1.82) is 0 Å². The standard InChI is InChI=1S/C19H31N3O2/c1-23-18-12-8-9-16(15-18)22-19(20)21-13-6-3-7-14-24-17-10-4-2-5-11-17/h8-9,12,15,17H,2-7,10-11,13-14H2,1H3,(H3,20,21,22). The molecule has 1 fully saturated rings. The molecule has 1 aromatic carbocycles. The number of ether oxygens (including phenoxy) is 2. The molecule has 1 aromatic rings. The van der Waals surface area contributed by atoms with Crippen molar-refractivity contribution in [3.63, 3.8) is 0 Å². The van der Waals surface area contributed by atoms with E-state index in [4.69, 9.17) is 15.2 Å². The summed E-state index contributed by atoms with van der Waals surface area (Å²) >= 11 is 0. The van der Waals surface area contributed by atoms with E-state index in [1.54, 1.807) is 7.11 Å². The molecule has 0 atom stereocenters. The van der Waals surface area contributed by atoms with Crippen molar-refractivity contribution >= 4 is 11.6 Å². The number of benzene rings is 1. The van der Waals surface area contributed by atoms with Crippen LogP contribution in [-0.2, 0) is 4.74 Å². The Kier molecular flexibility index (Phi) is 8.46. The van der Waals surface area contributed by atoms with Crippen molar-refractivity contribution in [3.8, 4) is 5.75 Å². The number of rotatable bonds is 9. The molecule has 1 aliphatic rings. The summed E-state index contributed by atoms with van der Waals surface area (Å²) in [6.45, 7) is 1.62. The minimum Gasteiger partial charge on any atom is -0.497 e. The van der Waals surface area contributed by atoms with Crippen molar-refractivity contribution in [2.45, 2.75) is 57.5 Å². The van der Waals surface area contributed by atoms with Crippen molar-refractivity contribution in [2.75, 3.05) is 25.6 Å². The molecule has 1 saturated carbocycles. The SMILES string of the molecule is COc1cccc(NC(N)=NCCCCCOC2CCCCC2)c1. The number of methoxy groups -OCH3 is 1. The number of unbranched alkanes of at least 4 members (excludes halogenated alkanes) is 2. The number of hydrogen-bond donors (Lipinski definition) is 2. The average molecular weight is 333 g/mol. The molecule has 0 saturated heterocycles. The lowest BCUT2D eigenvalue weighted by molar-refractivity contribution is 0.0264. The minimum absolute atomic E-state index is 0.446. The maximum Gasteiger partial charge on any atom is 0.193 e. The van der Waals surface area contributed by atoms with E-state index in [9.17, 15) is 0 Å². The Labute approximate surface area is 145 Å². The Balaban J connectivity index is 1.54. The third-order valence-electron chi connectivity index (χ3n) is 4.33. The number of nitrogens with one attached hydrogen (secondary N) is 1. The van der Waals surface area contributed by atoms with E-state index < -0.39 is 0 Å². The summed E-state index contributed by atoms with van der Waals surface area (Å²) in [7, 11) is 1.65. The van der Waals surface area contributed by atoms with Crippen LogP contribution in [0.2, 0.25) is 0 Å². The van der Waals surface area contributed by atoms with E-state index in [-0.39, 0.29) is 0 Å². The zero-order chi connectivity index (χ0) is 17.0. The first kappa shape index (κ1) is 18.6. The topological polar surface area (TPSA) is 68.9 Å². The van der Waals surface area contributed by atoms with Crippen LogP contribution in [0.4, 0.5) is 5.69 Å². The largest absolute Gasteiger partial charge is 0.497 e. The van der Waals surface area contributed by atoms with Crippen LogP contribution in [0.1, 0.15) is 51.4 Å². The molecule has 2 rings (SSSR count). The number of anilines is 1. The third-order valence-corrected chi connectivity index (χ3v) is 4.33. The molecule has 0 heterocycles. The monoisotopic (exact) mass is 333 g/mol. The summed E-state index contributed by atoms with van der Waals surface area (Å²) in [6, 6.07) is 7.65. The number of hydrogen-bond acceptors (Lipinski definition) is 3. The highest BCUT2D eigenvalue weighted by atomic mass is 16.5. The number of nitrogens with zero attached hydrogens (tertiary/aromatic N) is 1.